The number of nitrogens with zero attached hydrogens (tertiary/aromatic N) is 2. The Labute approximate surface area is 302 Å². The van der Waals surface area contributed by atoms with Crippen molar-refractivity contribution < 1.29 is 48.4 Å². The molecule has 2 heterocycles. The maximum atomic E-state index is 13.2. The van der Waals surface area contributed by atoms with Gasteiger partial charge < -0.3 is 31.0 Å². The fourth-order valence-corrected chi connectivity index (χ4v) is 8.11. The van der Waals surface area contributed by atoms with Crippen LogP contribution < -0.4 is 21.2 Å². The first-order chi connectivity index (χ1) is 22.6. The number of aromatic hydroxyl groups is 1. The summed E-state index contributed by atoms with van der Waals surface area (Å²) in [6, 6.07) is 6.40. The molecule has 0 spiro atoms. The van der Waals surface area contributed by atoms with Gasteiger partial charge in [-0.2, -0.15) is 0 Å². The number of ether oxygens (including phenoxy) is 2. The summed E-state index contributed by atoms with van der Waals surface area (Å²) in [4.78, 5) is 45.3. The molecule has 0 amide bonds. The van der Waals surface area contributed by atoms with E-state index in [0.717, 1.165) is 25.7 Å². The fraction of sp³-hybridized carbons (Fsp3) is 0.526. The minimum Gasteiger partial charge on any atom is -0.507 e. The van der Waals surface area contributed by atoms with Gasteiger partial charge in [-0.25, -0.2) is 4.99 Å². The van der Waals surface area contributed by atoms with Gasteiger partial charge in [0.15, 0.2) is 17.9 Å². The first kappa shape index (κ1) is 39.7. The van der Waals surface area contributed by atoms with Gasteiger partial charge in [0.05, 0.1) is 23.1 Å². The van der Waals surface area contributed by atoms with Crippen LogP contribution in [0.4, 0.5) is 5.82 Å². The number of allylic oxidation sites excluding steroid dienone is 1. The summed E-state index contributed by atoms with van der Waals surface area (Å²) in [6.45, 7) is 16.6. The van der Waals surface area contributed by atoms with Gasteiger partial charge >= 0.3 is 11.9 Å². The van der Waals surface area contributed by atoms with Gasteiger partial charge in [-0.15, -0.1) is 0 Å². The summed E-state index contributed by atoms with van der Waals surface area (Å²) in [7, 11) is 0. The minimum atomic E-state index is -0.253. The Morgan fingerprint density at radius 2 is 1.35 bits per heavy atom. The molecular weight excluding hydrogens is 674 g/mol. The van der Waals surface area contributed by atoms with Crippen molar-refractivity contribution in [2.24, 2.45) is 58.1 Å². The standard InChI is InChI=1S/C31H45N4O4.C7H6O2.Zn/c1-14-9-16(3)24(17(4)10-14)30(36)38-26-20(7)22(34-28(26)32)13-23-21(8)27(29(33)35-23)39-31(37)25-18(5)11-15(2)12-19(25)6;8-5-6-3-1-2-4-7(6)9;/h13-19,24-25H,9-12H2,1-8H3,(H4-,32,33,34,35);1-5,9H;/q-1;;. The van der Waals surface area contributed by atoms with Gasteiger partial charge in [0.2, 0.25) is 0 Å². The number of benzene rings is 1. The van der Waals surface area contributed by atoms with E-state index in [-0.39, 0.29) is 84.3 Å². The Balaban J connectivity index is 0.000000564. The number of amidine groups is 1. The number of nitrogen functional groups attached to an aromatic ring is 1. The van der Waals surface area contributed by atoms with Crippen molar-refractivity contribution in [2.45, 2.75) is 81.1 Å². The van der Waals surface area contributed by atoms with Gasteiger partial charge in [0.25, 0.3) is 0 Å². The van der Waals surface area contributed by atoms with E-state index >= 15 is 0 Å². The third-order valence-electron chi connectivity index (χ3n) is 10.2. The van der Waals surface area contributed by atoms with Crippen molar-refractivity contribution in [3.63, 3.8) is 0 Å². The Bertz CT molecular complexity index is 1600. The number of aromatic nitrogens is 1. The molecule has 49 heavy (non-hydrogen) atoms. The molecule has 10 nitrogen and oxygen atoms in total. The summed E-state index contributed by atoms with van der Waals surface area (Å²) in [5.41, 5.74) is 15.1. The van der Waals surface area contributed by atoms with Crippen molar-refractivity contribution in [3.05, 3.63) is 58.1 Å². The van der Waals surface area contributed by atoms with Crippen LogP contribution in [-0.2, 0) is 33.8 Å². The van der Waals surface area contributed by atoms with Gasteiger partial charge in [-0.3, -0.25) is 14.4 Å². The molecule has 0 bridgehead atoms. The number of phenols is 1. The summed E-state index contributed by atoms with van der Waals surface area (Å²) < 4.78 is 11.7. The number of aliphatic imine (C=N–C) groups is 1. The molecule has 1 aromatic carbocycles. The molecular formula is C38H51N4O6Zn-. The molecule has 262 valence electrons. The van der Waals surface area contributed by atoms with Crippen LogP contribution in [0.25, 0.3) is 6.08 Å². The first-order valence-corrected chi connectivity index (χ1v) is 17.0. The predicted octanol–water partition coefficient (Wildman–Crippen LogP) is 6.81. The van der Waals surface area contributed by atoms with Crippen LogP contribution in [0.3, 0.4) is 0 Å². The van der Waals surface area contributed by atoms with Crippen LogP contribution in [0.2, 0.25) is 0 Å². The molecule has 11 heteroatoms. The van der Waals surface area contributed by atoms with Gasteiger partial charge in [0, 0.05) is 25.1 Å². The summed E-state index contributed by atoms with van der Waals surface area (Å²) in [5.74, 6) is 2.28. The van der Waals surface area contributed by atoms with E-state index in [1.807, 2.05) is 13.8 Å². The zero-order valence-electron chi connectivity index (χ0n) is 30.2. The van der Waals surface area contributed by atoms with Crippen molar-refractivity contribution in [3.8, 4) is 11.5 Å². The number of nitrogens with two attached hydrogens (primary N) is 2. The van der Waals surface area contributed by atoms with Crippen molar-refractivity contribution in [1.82, 2.24) is 4.98 Å². The van der Waals surface area contributed by atoms with E-state index in [4.69, 9.17) is 26.0 Å². The molecule has 4 unspecified atom stereocenters. The molecule has 2 saturated carbocycles. The monoisotopic (exact) mass is 723 g/mol. The third kappa shape index (κ3) is 9.10. The Hall–Kier alpha value is -3.72. The number of hydrogen-bond donors (Lipinski definition) is 3. The third-order valence-corrected chi connectivity index (χ3v) is 10.2. The summed E-state index contributed by atoms with van der Waals surface area (Å²) in [5, 5.41) is 8.88. The average Bonchev–Trinajstić information content (AvgIpc) is 3.40. The number of aldehydes is 1. The molecule has 1 aliphatic heterocycles. The molecule has 2 aromatic rings. The number of rotatable bonds is 6. The van der Waals surface area contributed by atoms with Gasteiger partial charge in [0.1, 0.15) is 11.5 Å². The summed E-state index contributed by atoms with van der Waals surface area (Å²) in [6.07, 6.45) is 6.38. The maximum absolute atomic E-state index is 13.2. The SMILES string of the molecule is CC1=C(OC(=O)C2C(C)CC(C)CC2C)C(N)=N/C1=C\c1[n-]c(N)c(OC(=O)C2C(C)CC(C)CC2C)c1C.O=Cc1ccccc1O.[Zn]. The second-order valence-corrected chi connectivity index (χ2v) is 14.4. The predicted molar refractivity (Wildman–Crippen MR) is 187 cm³/mol. The number of carbonyl (C=O) groups excluding carboxylic acids is 3. The maximum Gasteiger partial charge on any atom is 0.315 e. The van der Waals surface area contributed by atoms with Crippen LogP contribution in [0.1, 0.15) is 95.8 Å². The topological polar surface area (TPSA) is 168 Å². The number of anilines is 1. The fourth-order valence-electron chi connectivity index (χ4n) is 8.11. The van der Waals surface area contributed by atoms with Crippen LogP contribution in [0.5, 0.6) is 11.5 Å². The molecule has 0 saturated heterocycles. The molecule has 5 rings (SSSR count). The van der Waals surface area contributed by atoms with Crippen LogP contribution in [0, 0.1) is 54.3 Å². The van der Waals surface area contributed by atoms with E-state index in [1.165, 1.54) is 6.07 Å². The molecule has 2 fully saturated rings. The van der Waals surface area contributed by atoms with Crippen LogP contribution in [-0.4, -0.2) is 29.2 Å². The molecule has 5 N–H and O–H groups in total. The Morgan fingerprint density at radius 3 is 1.82 bits per heavy atom. The number of carbonyl (C=O) groups is 3. The van der Waals surface area contributed by atoms with Gasteiger partial charge in [-0.1, -0.05) is 53.7 Å². The zero-order chi connectivity index (χ0) is 35.4. The normalized spacial score (nSPS) is 28.9. The number of esters is 2. The molecule has 2 aliphatic carbocycles. The van der Waals surface area contributed by atoms with E-state index in [0.29, 0.717) is 57.7 Å². The number of hydrogen-bond acceptors (Lipinski definition) is 9. The van der Waals surface area contributed by atoms with E-state index in [1.54, 1.807) is 24.3 Å². The smallest absolute Gasteiger partial charge is 0.315 e. The molecule has 4 atom stereocenters. The van der Waals surface area contributed by atoms with E-state index in [9.17, 15) is 14.4 Å². The van der Waals surface area contributed by atoms with Crippen molar-refractivity contribution in [1.29, 1.82) is 0 Å². The van der Waals surface area contributed by atoms with Crippen molar-refractivity contribution >= 4 is 36.0 Å². The van der Waals surface area contributed by atoms with Crippen molar-refractivity contribution in [2.75, 3.05) is 5.73 Å². The Kier molecular flexibility index (Phi) is 13.6. The minimum absolute atomic E-state index is 0. The van der Waals surface area contributed by atoms with E-state index < -0.39 is 0 Å². The molecule has 0 radical (unpaired) electrons. The number of phenolic OH excluding ortho intramolecular Hbond substituents is 1. The van der Waals surface area contributed by atoms with Crippen LogP contribution >= 0.6 is 0 Å². The first-order valence-electron chi connectivity index (χ1n) is 17.0. The second-order valence-electron chi connectivity index (χ2n) is 14.4. The average molecular weight is 725 g/mol. The van der Waals surface area contributed by atoms with E-state index in [2.05, 4.69) is 51.5 Å². The molecule has 1 aromatic heterocycles. The molecule has 3 aliphatic rings. The quantitative estimate of drug-likeness (QED) is 0.165. The zero-order valence-corrected chi connectivity index (χ0v) is 33.1. The van der Waals surface area contributed by atoms with Gasteiger partial charge in [-0.05, 0) is 110 Å². The number of para-hydroxylation sites is 1. The second kappa shape index (κ2) is 16.8. The Morgan fingerprint density at radius 1 is 0.857 bits per heavy atom. The van der Waals surface area contributed by atoms with Crippen LogP contribution in [0.15, 0.2) is 46.3 Å². The largest absolute Gasteiger partial charge is 0.507 e. The summed E-state index contributed by atoms with van der Waals surface area (Å²) >= 11 is 0.